The van der Waals surface area contributed by atoms with Crippen molar-refractivity contribution in [2.24, 2.45) is 5.92 Å². The van der Waals surface area contributed by atoms with Gasteiger partial charge in [0.25, 0.3) is 0 Å². The molecule has 2 atom stereocenters. The van der Waals surface area contributed by atoms with Crippen LogP contribution in [0.5, 0.6) is 0 Å². The van der Waals surface area contributed by atoms with Crippen molar-refractivity contribution in [2.45, 2.75) is 58.5 Å². The van der Waals surface area contributed by atoms with Crippen molar-refractivity contribution in [3.63, 3.8) is 0 Å². The minimum absolute atomic E-state index is 0.00857. The summed E-state index contributed by atoms with van der Waals surface area (Å²) in [5.41, 5.74) is 1.93. The molecule has 0 amide bonds. The Bertz CT molecular complexity index is 979. The van der Waals surface area contributed by atoms with E-state index in [9.17, 15) is 13.2 Å². The molecule has 11 heteroatoms. The van der Waals surface area contributed by atoms with Crippen LogP contribution < -0.4 is 4.90 Å². The number of nitriles is 1. The van der Waals surface area contributed by atoms with Gasteiger partial charge >= 0.3 is 6.18 Å². The summed E-state index contributed by atoms with van der Waals surface area (Å²) in [7, 11) is -1.37. The molecule has 2 aromatic heterocycles. The number of anilines is 1. The molecule has 2 aromatic rings. The van der Waals surface area contributed by atoms with Crippen LogP contribution in [0, 0.1) is 24.2 Å². The third-order valence-corrected chi connectivity index (χ3v) is 7.19. The fourth-order valence-corrected chi connectivity index (χ4v) is 4.15. The molecular weight excluding hydrogens is 425 g/mol. The Hall–Kier alpha value is -2.45. The third kappa shape index (κ3) is 5.07. The maximum absolute atomic E-state index is 13.5. The molecular formula is C20H27F3N6OSi. The van der Waals surface area contributed by atoms with Crippen molar-refractivity contribution < 1.29 is 17.9 Å². The molecule has 1 aliphatic heterocycles. The van der Waals surface area contributed by atoms with Gasteiger partial charge in [0.15, 0.2) is 5.82 Å². The SMILES string of the molecule is Cc1ncc(-c2nnc(C(F)(F)F)n2COCC[Si](C)(C)C)cc1N1CC(C#N)C1C. The highest BCUT2D eigenvalue weighted by atomic mass is 28.3. The Balaban J connectivity index is 1.91. The number of aryl methyl sites for hydroxylation is 1. The summed E-state index contributed by atoms with van der Waals surface area (Å²) in [5.74, 6) is -1.12. The number of aromatic nitrogens is 4. The number of halogens is 3. The van der Waals surface area contributed by atoms with Gasteiger partial charge in [-0.15, -0.1) is 10.2 Å². The molecule has 0 spiro atoms. The smallest absolute Gasteiger partial charge is 0.365 e. The monoisotopic (exact) mass is 452 g/mol. The van der Waals surface area contributed by atoms with E-state index in [0.717, 1.165) is 22.0 Å². The number of hydrogen-bond acceptors (Lipinski definition) is 6. The largest absolute Gasteiger partial charge is 0.451 e. The van der Waals surface area contributed by atoms with E-state index in [2.05, 4.69) is 40.9 Å². The molecule has 0 bridgehead atoms. The van der Waals surface area contributed by atoms with E-state index in [-0.39, 0.29) is 24.5 Å². The summed E-state index contributed by atoms with van der Waals surface area (Å²) in [6, 6.07) is 4.87. The molecule has 3 heterocycles. The number of alkyl halides is 3. The maximum atomic E-state index is 13.5. The summed E-state index contributed by atoms with van der Waals surface area (Å²) in [6.07, 6.45) is -3.16. The Morgan fingerprint density at radius 1 is 1.29 bits per heavy atom. The fraction of sp³-hybridized carbons (Fsp3) is 0.600. The molecule has 31 heavy (non-hydrogen) atoms. The molecule has 2 unspecified atom stereocenters. The van der Waals surface area contributed by atoms with Gasteiger partial charge in [-0.25, -0.2) is 0 Å². The van der Waals surface area contributed by atoms with Gasteiger partial charge in [0, 0.05) is 39.0 Å². The first-order valence-electron chi connectivity index (χ1n) is 10.1. The molecule has 3 rings (SSSR count). The van der Waals surface area contributed by atoms with Crippen LogP contribution in [-0.2, 0) is 17.6 Å². The van der Waals surface area contributed by atoms with Gasteiger partial charge in [-0.2, -0.15) is 18.4 Å². The van der Waals surface area contributed by atoms with Crippen molar-refractivity contribution in [3.8, 4) is 17.5 Å². The average Bonchev–Trinajstić information content (AvgIpc) is 3.09. The zero-order valence-electron chi connectivity index (χ0n) is 18.4. The van der Waals surface area contributed by atoms with Crippen LogP contribution in [-0.4, -0.2) is 47.0 Å². The van der Waals surface area contributed by atoms with E-state index < -0.39 is 20.1 Å². The second-order valence-electron chi connectivity index (χ2n) is 9.08. The highest BCUT2D eigenvalue weighted by molar-refractivity contribution is 6.76. The first-order valence-corrected chi connectivity index (χ1v) is 13.8. The van der Waals surface area contributed by atoms with Gasteiger partial charge in [-0.1, -0.05) is 19.6 Å². The van der Waals surface area contributed by atoms with Crippen LogP contribution in [0.3, 0.4) is 0 Å². The number of rotatable bonds is 7. The van der Waals surface area contributed by atoms with Crippen LogP contribution in [0.2, 0.25) is 25.7 Å². The van der Waals surface area contributed by atoms with E-state index >= 15 is 0 Å². The number of nitrogens with zero attached hydrogens (tertiary/aromatic N) is 6. The molecule has 0 saturated carbocycles. The molecule has 0 aromatic carbocycles. The Morgan fingerprint density at radius 2 is 2.00 bits per heavy atom. The first kappa shape index (κ1) is 23.2. The predicted octanol–water partition coefficient (Wildman–Crippen LogP) is 4.33. The zero-order chi connectivity index (χ0) is 23.0. The minimum atomic E-state index is -4.65. The van der Waals surface area contributed by atoms with Gasteiger partial charge < -0.3 is 9.64 Å². The van der Waals surface area contributed by atoms with Crippen LogP contribution in [0.4, 0.5) is 18.9 Å². The van der Waals surface area contributed by atoms with Crippen molar-refractivity contribution in [1.82, 2.24) is 19.7 Å². The van der Waals surface area contributed by atoms with Crippen LogP contribution >= 0.6 is 0 Å². The van der Waals surface area contributed by atoms with E-state index in [1.54, 1.807) is 6.07 Å². The molecule has 7 nitrogen and oxygen atoms in total. The average molecular weight is 453 g/mol. The maximum Gasteiger partial charge on any atom is 0.451 e. The number of pyridine rings is 1. The molecule has 0 N–H and O–H groups in total. The summed E-state index contributed by atoms with van der Waals surface area (Å²) in [4.78, 5) is 6.39. The van der Waals surface area contributed by atoms with E-state index in [1.165, 1.54) is 6.20 Å². The Labute approximate surface area is 180 Å². The van der Waals surface area contributed by atoms with Crippen molar-refractivity contribution in [1.29, 1.82) is 5.26 Å². The van der Waals surface area contributed by atoms with Gasteiger partial charge in [0.2, 0.25) is 5.82 Å². The lowest BCUT2D eigenvalue weighted by Crippen LogP contribution is -2.54. The van der Waals surface area contributed by atoms with Crippen molar-refractivity contribution in [3.05, 3.63) is 23.8 Å². The second-order valence-corrected chi connectivity index (χ2v) is 14.7. The zero-order valence-corrected chi connectivity index (χ0v) is 19.4. The summed E-state index contributed by atoms with van der Waals surface area (Å²) in [6.45, 7) is 10.9. The van der Waals surface area contributed by atoms with Gasteiger partial charge in [0.05, 0.1) is 23.4 Å². The number of ether oxygens (including phenoxy) is 1. The van der Waals surface area contributed by atoms with Crippen molar-refractivity contribution in [2.75, 3.05) is 18.1 Å². The molecule has 0 aliphatic carbocycles. The van der Waals surface area contributed by atoms with Crippen LogP contribution in [0.1, 0.15) is 18.4 Å². The second kappa shape index (κ2) is 8.59. The number of hydrogen-bond donors (Lipinski definition) is 0. The lowest BCUT2D eigenvalue weighted by Gasteiger charge is -2.45. The summed E-state index contributed by atoms with van der Waals surface area (Å²) >= 11 is 0. The lowest BCUT2D eigenvalue weighted by atomic mass is 9.90. The summed E-state index contributed by atoms with van der Waals surface area (Å²) < 4.78 is 47.1. The summed E-state index contributed by atoms with van der Waals surface area (Å²) in [5, 5.41) is 16.4. The standard InChI is InChI=1S/C20H27F3N6OSi/c1-13-17(28-11-16(9-24)14(28)2)8-15(10-25-13)18-26-27-19(20(21,22)23)29(18)12-30-6-7-31(3,4)5/h8,10,14,16H,6-7,11-12H2,1-5H3. The Morgan fingerprint density at radius 3 is 2.58 bits per heavy atom. The van der Waals surface area contributed by atoms with Gasteiger partial charge in [-0.05, 0) is 26.0 Å². The predicted molar refractivity (Wildman–Crippen MR) is 113 cm³/mol. The lowest BCUT2D eigenvalue weighted by molar-refractivity contribution is -0.149. The van der Waals surface area contributed by atoms with E-state index in [4.69, 9.17) is 10.00 Å². The topological polar surface area (TPSA) is 79.9 Å². The normalized spacial score (nSPS) is 19.3. The van der Waals surface area contributed by atoms with Crippen LogP contribution in [0.15, 0.2) is 12.3 Å². The third-order valence-electron chi connectivity index (χ3n) is 5.48. The van der Waals surface area contributed by atoms with Crippen molar-refractivity contribution >= 4 is 13.8 Å². The molecule has 168 valence electrons. The van der Waals surface area contributed by atoms with Gasteiger partial charge in [-0.3, -0.25) is 9.55 Å². The van der Waals surface area contributed by atoms with E-state index in [0.29, 0.717) is 18.7 Å². The molecule has 1 saturated heterocycles. The fourth-order valence-electron chi connectivity index (χ4n) is 3.39. The molecule has 0 radical (unpaired) electrons. The van der Waals surface area contributed by atoms with Crippen LogP contribution in [0.25, 0.3) is 11.4 Å². The van der Waals surface area contributed by atoms with Gasteiger partial charge in [0.1, 0.15) is 6.73 Å². The van der Waals surface area contributed by atoms with E-state index in [1.807, 2.05) is 18.7 Å². The highest BCUT2D eigenvalue weighted by Crippen LogP contribution is 2.36. The minimum Gasteiger partial charge on any atom is -0.365 e. The molecule has 1 fully saturated rings. The quantitative estimate of drug-likeness (QED) is 0.460. The molecule has 1 aliphatic rings. The highest BCUT2D eigenvalue weighted by Gasteiger charge is 2.39. The first-order chi connectivity index (χ1) is 14.4. The Kier molecular flexibility index (Phi) is 6.43.